The minimum absolute atomic E-state index is 0.0404. The molecule has 2 rings (SSSR count). The van der Waals surface area contributed by atoms with Crippen LogP contribution in [0.15, 0.2) is 36.4 Å². The molecule has 0 unspecified atom stereocenters. The number of thiophene rings is 1. The molecule has 0 saturated carbocycles. The maximum Gasteiger partial charge on any atom is 0.348 e. The van der Waals surface area contributed by atoms with Crippen LogP contribution in [0.3, 0.4) is 0 Å². The fourth-order valence-electron chi connectivity index (χ4n) is 1.99. The fourth-order valence-corrected chi connectivity index (χ4v) is 2.87. The lowest BCUT2D eigenvalue weighted by Crippen LogP contribution is -2.29. The first-order valence-corrected chi connectivity index (χ1v) is 7.54. The molecule has 1 amide bonds. The normalized spacial score (nSPS) is 10.2. The predicted molar refractivity (Wildman–Crippen MR) is 86.1 cm³/mol. The van der Waals surface area contributed by atoms with Crippen LogP contribution in [0.1, 0.15) is 26.3 Å². The maximum atomic E-state index is 12.6. The van der Waals surface area contributed by atoms with Crippen LogP contribution in [-0.4, -0.2) is 30.5 Å². The molecule has 0 fully saturated rings. The summed E-state index contributed by atoms with van der Waals surface area (Å²) in [5.74, 6) is -0.769. The number of amides is 1. The van der Waals surface area contributed by atoms with Gasteiger partial charge in [-0.05, 0) is 31.2 Å². The van der Waals surface area contributed by atoms with E-state index < -0.39 is 10.9 Å². The van der Waals surface area contributed by atoms with Crippen molar-refractivity contribution in [1.82, 2.24) is 0 Å². The number of ether oxygens (including phenoxy) is 1. The van der Waals surface area contributed by atoms with E-state index in [4.69, 9.17) is 0 Å². The van der Waals surface area contributed by atoms with Crippen molar-refractivity contribution in [3.05, 3.63) is 56.3 Å². The highest BCUT2D eigenvalue weighted by Crippen LogP contribution is 2.24. The van der Waals surface area contributed by atoms with Gasteiger partial charge < -0.3 is 9.64 Å². The van der Waals surface area contributed by atoms with Crippen molar-refractivity contribution in [2.75, 3.05) is 18.6 Å². The molecule has 0 aliphatic carbocycles. The highest BCUT2D eigenvalue weighted by Gasteiger charge is 2.20. The van der Waals surface area contributed by atoms with Crippen LogP contribution in [0, 0.1) is 10.1 Å². The van der Waals surface area contributed by atoms with Crippen molar-refractivity contribution in [2.45, 2.75) is 6.92 Å². The molecule has 0 bridgehead atoms. The summed E-state index contributed by atoms with van der Waals surface area (Å²) in [5.41, 5.74) is 0.512. The molecule has 0 aliphatic heterocycles. The van der Waals surface area contributed by atoms with E-state index in [1.807, 2.05) is 0 Å². The van der Waals surface area contributed by atoms with Gasteiger partial charge in [0.05, 0.1) is 16.9 Å². The summed E-state index contributed by atoms with van der Waals surface area (Å²) in [6.45, 7) is 2.19. The van der Waals surface area contributed by atoms with Crippen LogP contribution >= 0.6 is 11.3 Å². The van der Waals surface area contributed by atoms with Gasteiger partial charge in [-0.15, -0.1) is 11.3 Å². The number of hydrogen-bond acceptors (Lipinski definition) is 6. The third-order valence-electron chi connectivity index (χ3n) is 3.14. The lowest BCUT2D eigenvalue weighted by molar-refractivity contribution is -0.384. The molecule has 1 heterocycles. The smallest absolute Gasteiger partial charge is 0.348 e. The van der Waals surface area contributed by atoms with E-state index in [0.29, 0.717) is 22.0 Å². The van der Waals surface area contributed by atoms with E-state index in [1.54, 1.807) is 13.0 Å². The average Bonchev–Trinajstić information content (AvgIpc) is 3.05. The highest BCUT2D eigenvalue weighted by molar-refractivity contribution is 7.16. The van der Waals surface area contributed by atoms with E-state index in [-0.39, 0.29) is 11.6 Å². The fraction of sp³-hybridized carbons (Fsp3) is 0.200. The number of carbonyl (C=O) groups excluding carboxylic acids is 2. The molecule has 0 saturated heterocycles. The van der Waals surface area contributed by atoms with Gasteiger partial charge in [-0.2, -0.15) is 0 Å². The lowest BCUT2D eigenvalue weighted by atomic mass is 10.2. The van der Waals surface area contributed by atoms with Gasteiger partial charge in [-0.1, -0.05) is 0 Å². The molecule has 0 spiro atoms. The second kappa shape index (κ2) is 7.01. The first-order chi connectivity index (χ1) is 11.0. The Morgan fingerprint density at radius 3 is 2.30 bits per heavy atom. The van der Waals surface area contributed by atoms with Gasteiger partial charge in [0.2, 0.25) is 0 Å². The Hall–Kier alpha value is -2.74. The number of nitro groups is 1. The van der Waals surface area contributed by atoms with E-state index in [0.717, 1.165) is 11.3 Å². The monoisotopic (exact) mass is 334 g/mol. The number of anilines is 1. The summed E-state index contributed by atoms with van der Waals surface area (Å²) in [7, 11) is 1.28. The average molecular weight is 334 g/mol. The topological polar surface area (TPSA) is 89.8 Å². The Kier molecular flexibility index (Phi) is 5.07. The Morgan fingerprint density at radius 2 is 1.78 bits per heavy atom. The van der Waals surface area contributed by atoms with Crippen LogP contribution < -0.4 is 4.90 Å². The number of carbonyl (C=O) groups is 2. The van der Waals surface area contributed by atoms with E-state index >= 15 is 0 Å². The zero-order valence-electron chi connectivity index (χ0n) is 12.5. The molecule has 120 valence electrons. The van der Waals surface area contributed by atoms with Crippen molar-refractivity contribution in [3.8, 4) is 0 Å². The third-order valence-corrected chi connectivity index (χ3v) is 4.19. The van der Waals surface area contributed by atoms with Crippen molar-refractivity contribution in [1.29, 1.82) is 0 Å². The molecule has 2 aromatic rings. The lowest BCUT2D eigenvalue weighted by Gasteiger charge is -2.20. The molecule has 0 atom stereocenters. The second-order valence-electron chi connectivity index (χ2n) is 4.48. The number of rotatable bonds is 5. The Bertz CT molecular complexity index is 739. The minimum atomic E-state index is -0.496. The SMILES string of the molecule is CCN(C(=O)c1ccc(C(=O)OC)s1)c1ccc([N+](=O)[O-])cc1. The summed E-state index contributed by atoms with van der Waals surface area (Å²) in [6.07, 6.45) is 0. The molecule has 23 heavy (non-hydrogen) atoms. The zero-order chi connectivity index (χ0) is 17.0. The van der Waals surface area contributed by atoms with E-state index in [1.165, 1.54) is 42.3 Å². The van der Waals surface area contributed by atoms with Crippen molar-refractivity contribution >= 4 is 34.6 Å². The van der Waals surface area contributed by atoms with Crippen LogP contribution in [0.25, 0.3) is 0 Å². The van der Waals surface area contributed by atoms with Gasteiger partial charge in [-0.3, -0.25) is 14.9 Å². The summed E-state index contributed by atoms with van der Waals surface area (Å²) in [5, 5.41) is 10.7. The van der Waals surface area contributed by atoms with Gasteiger partial charge >= 0.3 is 5.97 Å². The summed E-state index contributed by atoms with van der Waals surface area (Å²) in [6, 6.07) is 8.84. The highest BCUT2D eigenvalue weighted by atomic mass is 32.1. The third kappa shape index (κ3) is 3.54. The molecule has 0 aliphatic rings. The molecule has 1 aromatic carbocycles. The molecular weight excluding hydrogens is 320 g/mol. The zero-order valence-corrected chi connectivity index (χ0v) is 13.3. The minimum Gasteiger partial charge on any atom is -0.465 e. The summed E-state index contributed by atoms with van der Waals surface area (Å²) >= 11 is 1.05. The number of nitrogens with zero attached hydrogens (tertiary/aromatic N) is 2. The van der Waals surface area contributed by atoms with E-state index in [9.17, 15) is 19.7 Å². The molecule has 1 aromatic heterocycles. The predicted octanol–water partition coefficient (Wildman–Crippen LogP) is 3.11. The molecular formula is C15H14N2O5S. The maximum absolute atomic E-state index is 12.6. The van der Waals surface area contributed by atoms with Crippen LogP contribution in [0.2, 0.25) is 0 Å². The van der Waals surface area contributed by atoms with Crippen molar-refractivity contribution in [2.24, 2.45) is 0 Å². The number of hydrogen-bond donors (Lipinski definition) is 0. The molecule has 0 N–H and O–H groups in total. The van der Waals surface area contributed by atoms with Crippen LogP contribution in [0.4, 0.5) is 11.4 Å². The molecule has 8 heteroatoms. The van der Waals surface area contributed by atoms with Gasteiger partial charge in [0.25, 0.3) is 11.6 Å². The first-order valence-electron chi connectivity index (χ1n) is 6.72. The number of esters is 1. The quantitative estimate of drug-likeness (QED) is 0.476. The van der Waals surface area contributed by atoms with Gasteiger partial charge in [0, 0.05) is 24.4 Å². The second-order valence-corrected chi connectivity index (χ2v) is 5.56. The van der Waals surface area contributed by atoms with Gasteiger partial charge in [0.15, 0.2) is 0 Å². The Morgan fingerprint density at radius 1 is 1.17 bits per heavy atom. The standard InChI is InChI=1S/C15H14N2O5S/c1-3-16(10-4-6-11(7-5-10)17(20)21)14(18)12-8-9-13(23-12)15(19)22-2/h4-9H,3H2,1-2H3. The van der Waals surface area contributed by atoms with Crippen molar-refractivity contribution in [3.63, 3.8) is 0 Å². The first kappa shape index (κ1) is 16.6. The molecule has 0 radical (unpaired) electrons. The summed E-state index contributed by atoms with van der Waals surface area (Å²) < 4.78 is 4.62. The number of nitro benzene ring substituents is 1. The number of non-ortho nitro benzene ring substituents is 1. The van der Waals surface area contributed by atoms with Gasteiger partial charge in [-0.25, -0.2) is 4.79 Å². The Balaban J connectivity index is 2.26. The van der Waals surface area contributed by atoms with Gasteiger partial charge in [0.1, 0.15) is 4.88 Å². The largest absolute Gasteiger partial charge is 0.465 e. The number of benzene rings is 1. The Labute approximate surface area is 136 Å². The van der Waals surface area contributed by atoms with Crippen LogP contribution in [-0.2, 0) is 4.74 Å². The number of methoxy groups -OCH3 is 1. The van der Waals surface area contributed by atoms with E-state index in [2.05, 4.69) is 4.74 Å². The molecule has 7 nitrogen and oxygen atoms in total. The van der Waals surface area contributed by atoms with Crippen LogP contribution in [0.5, 0.6) is 0 Å². The van der Waals surface area contributed by atoms with Crippen molar-refractivity contribution < 1.29 is 19.2 Å². The summed E-state index contributed by atoms with van der Waals surface area (Å²) in [4.78, 5) is 36.4.